The highest BCUT2D eigenvalue weighted by atomic mass is 35.5. The minimum absolute atomic E-state index is 0.215. The van der Waals surface area contributed by atoms with Crippen molar-refractivity contribution in [3.05, 3.63) is 59.1 Å². The number of benzene rings is 2. The summed E-state index contributed by atoms with van der Waals surface area (Å²) in [5, 5.41) is 12.0. The topological polar surface area (TPSA) is 52.9 Å². The summed E-state index contributed by atoms with van der Waals surface area (Å²) in [6, 6.07) is 16.2. The minimum Gasteiger partial charge on any atom is -0.322 e. The van der Waals surface area contributed by atoms with Gasteiger partial charge in [0.15, 0.2) is 0 Å². The molecule has 0 unspecified atom stereocenters. The van der Waals surface area contributed by atoms with Crippen LogP contribution in [0.4, 0.5) is 5.69 Å². The van der Waals surface area contributed by atoms with Crippen LogP contribution in [0.25, 0.3) is 0 Å². The molecule has 0 saturated carbocycles. The Labute approximate surface area is 126 Å². The standard InChI is InChI=1S/C15H11ClN2OS/c16-11-4-3-5-12(10-11)18-15(19)13-6-1-2-7-14(13)20-9-8-17/h1-7,10H,9H2,(H,18,19). The second kappa shape index (κ2) is 6.99. The van der Waals surface area contributed by atoms with E-state index < -0.39 is 0 Å². The fraction of sp³-hybridized carbons (Fsp3) is 0.0667. The summed E-state index contributed by atoms with van der Waals surface area (Å²) in [4.78, 5) is 13.0. The van der Waals surface area contributed by atoms with Crippen molar-refractivity contribution in [3.8, 4) is 6.07 Å². The van der Waals surface area contributed by atoms with Gasteiger partial charge in [-0.05, 0) is 30.3 Å². The van der Waals surface area contributed by atoms with Gasteiger partial charge in [-0.15, -0.1) is 11.8 Å². The highest BCUT2D eigenvalue weighted by Crippen LogP contribution is 2.23. The molecule has 0 heterocycles. The first-order valence-corrected chi connectivity index (χ1v) is 7.23. The van der Waals surface area contributed by atoms with Gasteiger partial charge < -0.3 is 5.32 Å². The van der Waals surface area contributed by atoms with Gasteiger partial charge in [-0.25, -0.2) is 0 Å². The molecule has 20 heavy (non-hydrogen) atoms. The number of halogens is 1. The van der Waals surface area contributed by atoms with Gasteiger partial charge in [0.1, 0.15) is 0 Å². The third kappa shape index (κ3) is 3.77. The lowest BCUT2D eigenvalue weighted by Crippen LogP contribution is -2.12. The quantitative estimate of drug-likeness (QED) is 0.861. The van der Waals surface area contributed by atoms with Gasteiger partial charge in [0.25, 0.3) is 5.91 Å². The summed E-state index contributed by atoms with van der Waals surface area (Å²) in [6.07, 6.45) is 0. The Hall–Kier alpha value is -1.96. The van der Waals surface area contributed by atoms with Crippen LogP contribution in [-0.2, 0) is 0 Å². The van der Waals surface area contributed by atoms with Gasteiger partial charge in [0.05, 0.1) is 17.4 Å². The molecule has 1 N–H and O–H groups in total. The van der Waals surface area contributed by atoms with E-state index >= 15 is 0 Å². The van der Waals surface area contributed by atoms with Crippen molar-refractivity contribution in [2.75, 3.05) is 11.1 Å². The van der Waals surface area contributed by atoms with Crippen LogP contribution < -0.4 is 5.32 Å². The Morgan fingerprint density at radius 2 is 2.05 bits per heavy atom. The van der Waals surface area contributed by atoms with Gasteiger partial charge in [0.2, 0.25) is 0 Å². The Kier molecular flexibility index (Phi) is 5.05. The molecule has 0 bridgehead atoms. The Morgan fingerprint density at radius 3 is 2.80 bits per heavy atom. The lowest BCUT2D eigenvalue weighted by molar-refractivity contribution is 0.102. The number of nitrogens with one attached hydrogen (secondary N) is 1. The van der Waals surface area contributed by atoms with Crippen LogP contribution in [0.5, 0.6) is 0 Å². The molecule has 5 heteroatoms. The van der Waals surface area contributed by atoms with Crippen LogP contribution in [-0.4, -0.2) is 11.7 Å². The molecular weight excluding hydrogens is 292 g/mol. The zero-order valence-electron chi connectivity index (χ0n) is 10.5. The lowest BCUT2D eigenvalue weighted by atomic mass is 10.2. The van der Waals surface area contributed by atoms with Crippen molar-refractivity contribution in [1.82, 2.24) is 0 Å². The van der Waals surface area contributed by atoms with Crippen molar-refractivity contribution < 1.29 is 4.79 Å². The van der Waals surface area contributed by atoms with Crippen LogP contribution >= 0.6 is 23.4 Å². The molecule has 0 spiro atoms. The van der Waals surface area contributed by atoms with Crippen molar-refractivity contribution in [3.63, 3.8) is 0 Å². The molecule has 2 aromatic rings. The molecule has 0 fully saturated rings. The molecule has 0 aromatic heterocycles. The van der Waals surface area contributed by atoms with Gasteiger partial charge in [-0.1, -0.05) is 29.8 Å². The maximum absolute atomic E-state index is 12.3. The number of nitriles is 1. The van der Waals surface area contributed by atoms with Crippen LogP contribution in [0.15, 0.2) is 53.4 Å². The van der Waals surface area contributed by atoms with Crippen LogP contribution in [0, 0.1) is 11.3 Å². The number of hydrogen-bond acceptors (Lipinski definition) is 3. The molecule has 0 aliphatic carbocycles. The van der Waals surface area contributed by atoms with Crippen molar-refractivity contribution in [2.24, 2.45) is 0 Å². The first kappa shape index (κ1) is 14.4. The monoisotopic (exact) mass is 302 g/mol. The van der Waals surface area contributed by atoms with Gasteiger partial charge >= 0.3 is 0 Å². The zero-order chi connectivity index (χ0) is 14.4. The second-order valence-corrected chi connectivity index (χ2v) is 5.36. The first-order chi connectivity index (χ1) is 9.70. The molecule has 0 radical (unpaired) electrons. The molecule has 1 amide bonds. The predicted molar refractivity (Wildman–Crippen MR) is 82.2 cm³/mol. The third-order valence-corrected chi connectivity index (χ3v) is 3.68. The molecule has 0 atom stereocenters. The molecule has 0 aliphatic rings. The largest absolute Gasteiger partial charge is 0.322 e. The summed E-state index contributed by atoms with van der Waals surface area (Å²) in [5.74, 6) is 0.0925. The molecular formula is C15H11ClN2OS. The molecule has 3 nitrogen and oxygen atoms in total. The second-order valence-electron chi connectivity index (χ2n) is 3.91. The number of rotatable bonds is 4. The van der Waals surface area contributed by atoms with E-state index in [9.17, 15) is 4.79 Å². The lowest BCUT2D eigenvalue weighted by Gasteiger charge is -2.09. The number of thioether (sulfide) groups is 1. The number of amides is 1. The minimum atomic E-state index is -0.215. The van der Waals surface area contributed by atoms with E-state index in [-0.39, 0.29) is 5.91 Å². The van der Waals surface area contributed by atoms with E-state index in [4.69, 9.17) is 16.9 Å². The van der Waals surface area contributed by atoms with Gasteiger partial charge in [-0.3, -0.25) is 4.79 Å². The Morgan fingerprint density at radius 1 is 1.25 bits per heavy atom. The average Bonchev–Trinajstić information content (AvgIpc) is 2.45. The van der Waals surface area contributed by atoms with Crippen molar-refractivity contribution in [2.45, 2.75) is 4.90 Å². The fourth-order valence-electron chi connectivity index (χ4n) is 1.65. The van der Waals surface area contributed by atoms with E-state index in [1.165, 1.54) is 11.8 Å². The van der Waals surface area contributed by atoms with Gasteiger partial charge in [0, 0.05) is 15.6 Å². The Balaban J connectivity index is 2.19. The number of carbonyl (C=O) groups excluding carboxylic acids is 1. The zero-order valence-corrected chi connectivity index (χ0v) is 12.0. The Bertz CT molecular complexity index is 667. The highest BCUT2D eigenvalue weighted by molar-refractivity contribution is 7.99. The summed E-state index contributed by atoms with van der Waals surface area (Å²) < 4.78 is 0. The molecule has 0 saturated heterocycles. The average molecular weight is 303 g/mol. The number of anilines is 1. The smallest absolute Gasteiger partial charge is 0.256 e. The fourth-order valence-corrected chi connectivity index (χ4v) is 2.56. The van der Waals surface area contributed by atoms with E-state index in [1.807, 2.05) is 12.1 Å². The maximum atomic E-state index is 12.3. The van der Waals surface area contributed by atoms with Crippen LogP contribution in [0.3, 0.4) is 0 Å². The van der Waals surface area contributed by atoms with Crippen molar-refractivity contribution in [1.29, 1.82) is 5.26 Å². The number of hydrogen-bond donors (Lipinski definition) is 1. The number of carbonyl (C=O) groups is 1. The normalized spacial score (nSPS) is 9.80. The van der Waals surface area contributed by atoms with E-state index in [1.54, 1.807) is 36.4 Å². The van der Waals surface area contributed by atoms with E-state index in [0.29, 0.717) is 22.0 Å². The van der Waals surface area contributed by atoms with E-state index in [0.717, 1.165) is 4.90 Å². The molecule has 2 rings (SSSR count). The third-order valence-electron chi connectivity index (χ3n) is 2.51. The number of nitrogens with zero attached hydrogens (tertiary/aromatic N) is 1. The summed E-state index contributed by atoms with van der Waals surface area (Å²) in [6.45, 7) is 0. The van der Waals surface area contributed by atoms with Gasteiger partial charge in [-0.2, -0.15) is 5.26 Å². The molecule has 0 aliphatic heterocycles. The summed E-state index contributed by atoms with van der Waals surface area (Å²) in [7, 11) is 0. The van der Waals surface area contributed by atoms with Crippen LogP contribution in [0.1, 0.15) is 10.4 Å². The molecule has 100 valence electrons. The summed E-state index contributed by atoms with van der Waals surface area (Å²) in [5.41, 5.74) is 1.19. The van der Waals surface area contributed by atoms with Crippen molar-refractivity contribution >= 4 is 35.0 Å². The SMILES string of the molecule is N#CCSc1ccccc1C(=O)Nc1cccc(Cl)c1. The van der Waals surface area contributed by atoms with Crippen LogP contribution in [0.2, 0.25) is 5.02 Å². The maximum Gasteiger partial charge on any atom is 0.256 e. The highest BCUT2D eigenvalue weighted by Gasteiger charge is 2.11. The summed E-state index contributed by atoms with van der Waals surface area (Å²) >= 11 is 7.22. The predicted octanol–water partition coefficient (Wildman–Crippen LogP) is 4.21. The van der Waals surface area contributed by atoms with E-state index in [2.05, 4.69) is 11.4 Å². The first-order valence-electron chi connectivity index (χ1n) is 5.86. The molecule has 2 aromatic carbocycles.